The fourth-order valence-electron chi connectivity index (χ4n) is 1.05. The average molecular weight is 246 g/mol. The van der Waals surface area contributed by atoms with Crippen molar-refractivity contribution in [1.29, 1.82) is 0 Å². The van der Waals surface area contributed by atoms with Gasteiger partial charge in [-0.25, -0.2) is 13.6 Å². The van der Waals surface area contributed by atoms with E-state index in [1.165, 1.54) is 4.90 Å². The summed E-state index contributed by atoms with van der Waals surface area (Å²) in [6.45, 7) is 0.331. The van der Waals surface area contributed by atoms with Crippen LogP contribution in [0.25, 0.3) is 0 Å². The molecule has 4 nitrogen and oxygen atoms in total. The van der Waals surface area contributed by atoms with E-state index in [2.05, 4.69) is 5.32 Å². The Kier molecular flexibility index (Phi) is 4.44. The van der Waals surface area contributed by atoms with Gasteiger partial charge >= 0.3 is 0 Å². The molecule has 6 heteroatoms. The number of anilines is 1. The van der Waals surface area contributed by atoms with Gasteiger partial charge in [0.25, 0.3) is 0 Å². The second-order valence-electron chi connectivity index (χ2n) is 3.02. The van der Waals surface area contributed by atoms with Crippen LogP contribution in [0.1, 0.15) is 0 Å². The van der Waals surface area contributed by atoms with Gasteiger partial charge in [-0.05, 0) is 30.5 Å². The van der Waals surface area contributed by atoms with E-state index in [1.54, 1.807) is 11.8 Å². The summed E-state index contributed by atoms with van der Waals surface area (Å²) in [6, 6.07) is 7.78. The van der Waals surface area contributed by atoms with Gasteiger partial charge in [0.2, 0.25) is 10.0 Å². The Morgan fingerprint density at radius 1 is 1.33 bits per heavy atom. The zero-order valence-electron chi connectivity index (χ0n) is 8.43. The van der Waals surface area contributed by atoms with Gasteiger partial charge in [-0.2, -0.15) is 0 Å². The minimum atomic E-state index is -3.37. The molecule has 0 radical (unpaired) electrons. The number of nitrogens with one attached hydrogen (secondary N) is 1. The summed E-state index contributed by atoms with van der Waals surface area (Å²) in [4.78, 5) is 1.17. The van der Waals surface area contributed by atoms with Crippen LogP contribution in [0.15, 0.2) is 29.2 Å². The zero-order valence-corrected chi connectivity index (χ0v) is 10.1. The van der Waals surface area contributed by atoms with Gasteiger partial charge in [0.15, 0.2) is 0 Å². The summed E-state index contributed by atoms with van der Waals surface area (Å²) in [6.07, 6.45) is 2.00. The standard InChI is InChI=1S/C9H14N2O2S2/c1-14-9-4-2-8(3-5-9)11-6-7-15(10,12)13/h2-5,11H,6-7H2,1H3,(H2,10,12,13). The minimum absolute atomic E-state index is 0.0583. The second kappa shape index (κ2) is 5.39. The average Bonchev–Trinajstić information content (AvgIpc) is 2.17. The topological polar surface area (TPSA) is 72.2 Å². The maximum atomic E-state index is 10.7. The van der Waals surface area contributed by atoms with Crippen LogP contribution in [-0.4, -0.2) is 27.0 Å². The number of primary sulfonamides is 1. The van der Waals surface area contributed by atoms with E-state index in [1.807, 2.05) is 30.5 Å². The van der Waals surface area contributed by atoms with Crippen molar-refractivity contribution in [3.05, 3.63) is 24.3 Å². The molecule has 1 aromatic rings. The largest absolute Gasteiger partial charge is 0.384 e. The molecule has 84 valence electrons. The smallest absolute Gasteiger partial charge is 0.210 e. The maximum Gasteiger partial charge on any atom is 0.210 e. The summed E-state index contributed by atoms with van der Waals surface area (Å²) in [5.74, 6) is -0.0583. The fraction of sp³-hybridized carbons (Fsp3) is 0.333. The van der Waals surface area contributed by atoms with Gasteiger partial charge in [-0.1, -0.05) is 0 Å². The molecule has 0 saturated carbocycles. The van der Waals surface area contributed by atoms with Crippen LogP contribution in [0.2, 0.25) is 0 Å². The predicted octanol–water partition coefficient (Wildman–Crippen LogP) is 1.11. The molecular weight excluding hydrogens is 232 g/mol. The molecule has 0 aliphatic carbocycles. The van der Waals surface area contributed by atoms with Crippen LogP contribution in [0.4, 0.5) is 5.69 Å². The molecule has 0 atom stereocenters. The van der Waals surface area contributed by atoms with Gasteiger partial charge in [0.05, 0.1) is 5.75 Å². The van der Waals surface area contributed by atoms with Crippen LogP contribution >= 0.6 is 11.8 Å². The number of hydrogen-bond acceptors (Lipinski definition) is 4. The summed E-state index contributed by atoms with van der Waals surface area (Å²) in [5, 5.41) is 7.86. The van der Waals surface area contributed by atoms with Crippen LogP contribution < -0.4 is 10.5 Å². The van der Waals surface area contributed by atoms with E-state index in [0.717, 1.165) is 5.69 Å². The Morgan fingerprint density at radius 2 is 1.93 bits per heavy atom. The monoisotopic (exact) mass is 246 g/mol. The lowest BCUT2D eigenvalue weighted by Crippen LogP contribution is -2.22. The van der Waals surface area contributed by atoms with Gasteiger partial charge in [0, 0.05) is 17.1 Å². The lowest BCUT2D eigenvalue weighted by atomic mass is 10.3. The van der Waals surface area contributed by atoms with E-state index >= 15 is 0 Å². The third-order valence-corrected chi connectivity index (χ3v) is 3.32. The molecule has 0 aliphatic heterocycles. The van der Waals surface area contributed by atoms with Gasteiger partial charge < -0.3 is 5.32 Å². The summed E-state index contributed by atoms with van der Waals surface area (Å²) < 4.78 is 21.3. The van der Waals surface area contributed by atoms with E-state index < -0.39 is 10.0 Å². The number of hydrogen-bond donors (Lipinski definition) is 2. The number of sulfonamides is 1. The van der Waals surface area contributed by atoms with Crippen molar-refractivity contribution in [2.24, 2.45) is 5.14 Å². The van der Waals surface area contributed by atoms with Gasteiger partial charge in [0.1, 0.15) is 0 Å². The summed E-state index contributed by atoms with van der Waals surface area (Å²) in [5.41, 5.74) is 0.899. The molecule has 0 saturated heterocycles. The highest BCUT2D eigenvalue weighted by atomic mass is 32.2. The van der Waals surface area contributed by atoms with Crippen molar-refractivity contribution in [3.8, 4) is 0 Å². The molecule has 0 amide bonds. The highest BCUT2D eigenvalue weighted by Gasteiger charge is 2.01. The number of nitrogens with two attached hydrogens (primary N) is 1. The lowest BCUT2D eigenvalue weighted by Gasteiger charge is -2.05. The summed E-state index contributed by atoms with van der Waals surface area (Å²) in [7, 11) is -3.37. The first-order valence-corrected chi connectivity index (χ1v) is 7.34. The van der Waals surface area contributed by atoms with Crippen molar-refractivity contribution in [2.45, 2.75) is 4.90 Å². The molecule has 0 heterocycles. The van der Waals surface area contributed by atoms with Crippen molar-refractivity contribution in [3.63, 3.8) is 0 Å². The van der Waals surface area contributed by atoms with Crippen LogP contribution in [-0.2, 0) is 10.0 Å². The number of rotatable bonds is 5. The third-order valence-electron chi connectivity index (χ3n) is 1.81. The molecular formula is C9H14N2O2S2. The van der Waals surface area contributed by atoms with Crippen molar-refractivity contribution >= 4 is 27.5 Å². The normalized spacial score (nSPS) is 11.3. The lowest BCUT2D eigenvalue weighted by molar-refractivity contribution is 0.598. The quantitative estimate of drug-likeness (QED) is 0.763. The third kappa shape index (κ3) is 5.06. The minimum Gasteiger partial charge on any atom is -0.384 e. The van der Waals surface area contributed by atoms with Crippen LogP contribution in [0.5, 0.6) is 0 Å². The fourth-order valence-corrected chi connectivity index (χ4v) is 1.84. The first-order valence-electron chi connectivity index (χ1n) is 4.40. The summed E-state index contributed by atoms with van der Waals surface area (Å²) >= 11 is 1.66. The van der Waals surface area contributed by atoms with Gasteiger partial charge in [-0.3, -0.25) is 0 Å². The van der Waals surface area contributed by atoms with Crippen LogP contribution in [0.3, 0.4) is 0 Å². The predicted molar refractivity (Wildman–Crippen MR) is 64.7 cm³/mol. The molecule has 3 N–H and O–H groups in total. The SMILES string of the molecule is CSc1ccc(NCCS(N)(=O)=O)cc1. The molecule has 0 aromatic heterocycles. The maximum absolute atomic E-state index is 10.7. The van der Waals surface area contributed by atoms with E-state index in [4.69, 9.17) is 5.14 Å². The molecule has 1 aromatic carbocycles. The van der Waals surface area contributed by atoms with Crippen molar-refractivity contribution < 1.29 is 8.42 Å². The van der Waals surface area contributed by atoms with Gasteiger partial charge in [-0.15, -0.1) is 11.8 Å². The Labute approximate surface area is 94.3 Å². The molecule has 15 heavy (non-hydrogen) atoms. The van der Waals surface area contributed by atoms with E-state index in [9.17, 15) is 8.42 Å². The van der Waals surface area contributed by atoms with E-state index in [-0.39, 0.29) is 5.75 Å². The zero-order chi connectivity index (χ0) is 11.3. The molecule has 0 fully saturated rings. The molecule has 0 bridgehead atoms. The number of thioether (sulfide) groups is 1. The first-order chi connectivity index (χ1) is 7.01. The molecule has 0 unspecified atom stereocenters. The Bertz CT molecular complexity index is 401. The van der Waals surface area contributed by atoms with Crippen molar-refractivity contribution in [1.82, 2.24) is 0 Å². The Morgan fingerprint density at radius 3 is 2.40 bits per heavy atom. The van der Waals surface area contributed by atoms with Crippen LogP contribution in [0, 0.1) is 0 Å². The van der Waals surface area contributed by atoms with E-state index in [0.29, 0.717) is 6.54 Å². The molecule has 0 spiro atoms. The molecule has 0 aliphatic rings. The second-order valence-corrected chi connectivity index (χ2v) is 5.64. The highest BCUT2D eigenvalue weighted by molar-refractivity contribution is 7.98. The Hall–Kier alpha value is -0.720. The number of benzene rings is 1. The molecule has 1 rings (SSSR count). The highest BCUT2D eigenvalue weighted by Crippen LogP contribution is 2.17. The Balaban J connectivity index is 2.45. The first kappa shape index (κ1) is 12.4. The van der Waals surface area contributed by atoms with Crippen molar-refractivity contribution in [2.75, 3.05) is 23.9 Å².